The summed E-state index contributed by atoms with van der Waals surface area (Å²) in [5.41, 5.74) is 0.473. The minimum atomic E-state index is -1.09. The number of esters is 1. The quantitative estimate of drug-likeness (QED) is 0.562. The van der Waals surface area contributed by atoms with E-state index < -0.39 is 29.1 Å². The molecule has 0 bridgehead atoms. The summed E-state index contributed by atoms with van der Waals surface area (Å²) in [7, 11) is 0. The van der Waals surface area contributed by atoms with E-state index in [9.17, 15) is 24.3 Å². The Morgan fingerprint density at radius 2 is 1.97 bits per heavy atom. The van der Waals surface area contributed by atoms with Crippen molar-refractivity contribution in [2.75, 3.05) is 6.61 Å². The van der Waals surface area contributed by atoms with Crippen molar-refractivity contribution in [1.82, 2.24) is 4.90 Å². The smallest absolute Gasteiger partial charge is 0.336 e. The van der Waals surface area contributed by atoms with Crippen LogP contribution in [0, 0.1) is 0 Å². The number of imide groups is 1. The molecule has 0 radical (unpaired) electrons. The van der Waals surface area contributed by atoms with Crippen LogP contribution in [0.15, 0.2) is 45.7 Å². The molecule has 2 heterocycles. The van der Waals surface area contributed by atoms with Crippen molar-refractivity contribution < 1.29 is 33.4 Å². The molecule has 1 atom stereocenters. The Hall–Kier alpha value is -3.33. The molecule has 3 rings (SSSR count). The van der Waals surface area contributed by atoms with Gasteiger partial charge in [0.2, 0.25) is 0 Å². The van der Waals surface area contributed by atoms with Crippen molar-refractivity contribution in [3.05, 3.63) is 52.6 Å². The molecule has 1 aliphatic rings. The first-order valence-corrected chi connectivity index (χ1v) is 9.51. The summed E-state index contributed by atoms with van der Waals surface area (Å²) in [5, 5.41) is 8.73. The van der Waals surface area contributed by atoms with Gasteiger partial charge in [-0.25, -0.2) is 9.59 Å². The summed E-state index contributed by atoms with van der Waals surface area (Å²) >= 11 is 0.690. The van der Waals surface area contributed by atoms with Gasteiger partial charge < -0.3 is 14.3 Å². The molecule has 2 amide bonds. The van der Waals surface area contributed by atoms with Crippen LogP contribution in [0.5, 0.6) is 0 Å². The van der Waals surface area contributed by atoms with Crippen LogP contribution in [0.4, 0.5) is 4.79 Å². The highest BCUT2D eigenvalue weighted by molar-refractivity contribution is 8.18. The highest BCUT2D eigenvalue weighted by Crippen LogP contribution is 2.35. The zero-order chi connectivity index (χ0) is 21.1. The fourth-order valence-electron chi connectivity index (χ4n) is 2.77. The van der Waals surface area contributed by atoms with Gasteiger partial charge in [-0.1, -0.05) is 18.2 Å². The SMILES string of the molecule is CCOC(=O)C(C)N1C(=O)SC(=Cc2ccc(-c3ccccc3C(=O)O)o2)C1=O. The topological polar surface area (TPSA) is 114 Å². The van der Waals surface area contributed by atoms with E-state index >= 15 is 0 Å². The van der Waals surface area contributed by atoms with Crippen molar-refractivity contribution in [2.24, 2.45) is 0 Å². The van der Waals surface area contributed by atoms with Crippen LogP contribution in [0.25, 0.3) is 17.4 Å². The van der Waals surface area contributed by atoms with Gasteiger partial charge in [-0.2, -0.15) is 0 Å². The lowest BCUT2D eigenvalue weighted by atomic mass is 10.1. The fourth-order valence-corrected chi connectivity index (χ4v) is 3.66. The molecule has 0 saturated carbocycles. The van der Waals surface area contributed by atoms with E-state index in [0.717, 1.165) is 4.90 Å². The van der Waals surface area contributed by atoms with Crippen molar-refractivity contribution >= 4 is 40.9 Å². The van der Waals surface area contributed by atoms with Crippen LogP contribution in [-0.4, -0.2) is 45.7 Å². The maximum Gasteiger partial charge on any atom is 0.336 e. The van der Waals surface area contributed by atoms with Crippen LogP contribution in [0.3, 0.4) is 0 Å². The van der Waals surface area contributed by atoms with Gasteiger partial charge in [-0.15, -0.1) is 0 Å². The molecule has 29 heavy (non-hydrogen) atoms. The number of benzene rings is 1. The van der Waals surface area contributed by atoms with E-state index in [1.54, 1.807) is 37.3 Å². The first kappa shape index (κ1) is 20.4. The number of hydrogen-bond donors (Lipinski definition) is 1. The maximum atomic E-state index is 12.6. The largest absolute Gasteiger partial charge is 0.478 e. The van der Waals surface area contributed by atoms with Crippen LogP contribution in [-0.2, 0) is 14.3 Å². The second-order valence-corrected chi connectivity index (χ2v) is 7.03. The molecule has 1 N–H and O–H groups in total. The number of carboxylic acid groups (broad SMARTS) is 1. The van der Waals surface area contributed by atoms with Gasteiger partial charge in [-0.05, 0) is 43.8 Å². The average molecular weight is 415 g/mol. The lowest BCUT2D eigenvalue weighted by Gasteiger charge is -2.19. The summed E-state index contributed by atoms with van der Waals surface area (Å²) < 4.78 is 10.5. The average Bonchev–Trinajstić information content (AvgIpc) is 3.26. The maximum absolute atomic E-state index is 12.6. The number of nitrogens with zero attached hydrogens (tertiary/aromatic N) is 1. The highest BCUT2D eigenvalue weighted by Gasteiger charge is 2.41. The van der Waals surface area contributed by atoms with Gasteiger partial charge in [0, 0.05) is 11.6 Å². The molecule has 9 heteroatoms. The van der Waals surface area contributed by atoms with E-state index in [1.807, 2.05) is 0 Å². The molecule has 1 aromatic heterocycles. The first-order chi connectivity index (χ1) is 13.8. The van der Waals surface area contributed by atoms with Gasteiger partial charge >= 0.3 is 11.9 Å². The third kappa shape index (κ3) is 4.09. The number of hydrogen-bond acceptors (Lipinski definition) is 7. The number of aromatic carboxylic acids is 1. The number of ether oxygens (including phenoxy) is 1. The molecule has 1 fully saturated rings. The fraction of sp³-hybridized carbons (Fsp3) is 0.200. The monoisotopic (exact) mass is 415 g/mol. The van der Waals surface area contributed by atoms with Crippen LogP contribution >= 0.6 is 11.8 Å². The van der Waals surface area contributed by atoms with Crippen LogP contribution in [0.2, 0.25) is 0 Å². The number of carboxylic acids is 1. The highest BCUT2D eigenvalue weighted by atomic mass is 32.2. The Bertz CT molecular complexity index is 1020. The summed E-state index contributed by atoms with van der Waals surface area (Å²) in [4.78, 5) is 49.0. The van der Waals surface area contributed by atoms with E-state index in [2.05, 4.69) is 0 Å². The molecular weight excluding hydrogens is 398 g/mol. The summed E-state index contributed by atoms with van der Waals surface area (Å²) in [6, 6.07) is 8.48. The van der Waals surface area contributed by atoms with Gasteiger partial charge in [0.15, 0.2) is 0 Å². The van der Waals surface area contributed by atoms with E-state index in [0.29, 0.717) is 23.1 Å². The number of carbonyl (C=O) groups excluding carboxylic acids is 3. The number of furan rings is 1. The van der Waals surface area contributed by atoms with Crippen molar-refractivity contribution in [2.45, 2.75) is 19.9 Å². The predicted molar refractivity (Wildman–Crippen MR) is 105 cm³/mol. The molecule has 150 valence electrons. The van der Waals surface area contributed by atoms with Gasteiger partial charge in [0.1, 0.15) is 17.6 Å². The lowest BCUT2D eigenvalue weighted by molar-refractivity contribution is -0.150. The standard InChI is InChI=1S/C20H17NO7S/c1-3-27-19(25)11(2)21-17(22)16(29-20(21)26)10-12-8-9-15(28-12)13-6-4-5-7-14(13)18(23)24/h4-11H,3H2,1-2H3,(H,23,24). The van der Waals surface area contributed by atoms with Gasteiger partial charge in [0.25, 0.3) is 11.1 Å². The molecule has 2 aromatic rings. The Morgan fingerprint density at radius 1 is 1.24 bits per heavy atom. The zero-order valence-electron chi connectivity index (χ0n) is 15.6. The van der Waals surface area contributed by atoms with Crippen molar-refractivity contribution in [1.29, 1.82) is 0 Å². The van der Waals surface area contributed by atoms with Crippen LogP contribution in [0.1, 0.15) is 30.0 Å². The summed E-state index contributed by atoms with van der Waals surface area (Å²) in [6.07, 6.45) is 1.38. The second kappa shape index (κ2) is 8.36. The van der Waals surface area contributed by atoms with Crippen molar-refractivity contribution in [3.8, 4) is 11.3 Å². The Balaban J connectivity index is 1.86. The van der Waals surface area contributed by atoms with Gasteiger partial charge in [0.05, 0.1) is 17.1 Å². The molecule has 0 spiro atoms. The number of amides is 2. The van der Waals surface area contributed by atoms with Gasteiger partial charge in [-0.3, -0.25) is 14.5 Å². The third-order valence-electron chi connectivity index (χ3n) is 4.16. The zero-order valence-corrected chi connectivity index (χ0v) is 16.4. The number of thioether (sulfide) groups is 1. The molecule has 0 aliphatic carbocycles. The molecule has 1 aromatic carbocycles. The van der Waals surface area contributed by atoms with Crippen LogP contribution < -0.4 is 0 Å². The molecular formula is C20H17NO7S. The number of carbonyl (C=O) groups is 4. The van der Waals surface area contributed by atoms with E-state index in [-0.39, 0.29) is 22.8 Å². The summed E-state index contributed by atoms with van der Waals surface area (Å²) in [5.74, 6) is -1.79. The van der Waals surface area contributed by atoms with E-state index in [4.69, 9.17) is 9.15 Å². The lowest BCUT2D eigenvalue weighted by Crippen LogP contribution is -2.42. The minimum Gasteiger partial charge on any atom is -0.478 e. The predicted octanol–water partition coefficient (Wildman–Crippen LogP) is 3.63. The third-order valence-corrected chi connectivity index (χ3v) is 5.05. The Labute approximate surface area is 170 Å². The molecule has 1 aliphatic heterocycles. The molecule has 1 saturated heterocycles. The summed E-state index contributed by atoms with van der Waals surface area (Å²) in [6.45, 7) is 3.20. The van der Waals surface area contributed by atoms with E-state index in [1.165, 1.54) is 19.1 Å². The number of rotatable bonds is 6. The Morgan fingerprint density at radius 3 is 2.66 bits per heavy atom. The molecule has 1 unspecified atom stereocenters. The first-order valence-electron chi connectivity index (χ1n) is 8.69. The second-order valence-electron chi connectivity index (χ2n) is 6.03. The van der Waals surface area contributed by atoms with Crippen molar-refractivity contribution in [3.63, 3.8) is 0 Å². The minimum absolute atomic E-state index is 0.0805. The normalized spacial score (nSPS) is 16.3. The Kier molecular flexibility index (Phi) is 5.88. The molecule has 8 nitrogen and oxygen atoms in total.